The summed E-state index contributed by atoms with van der Waals surface area (Å²) >= 11 is 0. The Morgan fingerprint density at radius 2 is 2.29 bits per heavy atom. The summed E-state index contributed by atoms with van der Waals surface area (Å²) in [5.74, 6) is 0.131. The normalized spacial score (nSPS) is 20.3. The van der Waals surface area contributed by atoms with Gasteiger partial charge in [-0.15, -0.1) is 0 Å². The van der Waals surface area contributed by atoms with Crippen molar-refractivity contribution >= 4 is 5.78 Å². The third kappa shape index (κ3) is 1.58. The smallest absolute Gasteiger partial charge is 0.159 e. The largest absolute Gasteiger partial charge is 0.324 e. The Morgan fingerprint density at radius 3 is 3.00 bits per heavy atom. The second-order valence-corrected chi connectivity index (χ2v) is 3.97. The molecule has 1 aromatic rings. The van der Waals surface area contributed by atoms with Crippen LogP contribution in [0.5, 0.6) is 0 Å². The van der Waals surface area contributed by atoms with E-state index in [1.54, 1.807) is 6.92 Å². The lowest BCUT2D eigenvalue weighted by Crippen LogP contribution is -2.17. The summed E-state index contributed by atoms with van der Waals surface area (Å²) in [6.45, 7) is 1.60. The van der Waals surface area contributed by atoms with E-state index in [-0.39, 0.29) is 11.8 Å². The molecule has 0 aromatic heterocycles. The molecule has 0 saturated heterocycles. The van der Waals surface area contributed by atoms with Crippen LogP contribution in [0.2, 0.25) is 0 Å². The van der Waals surface area contributed by atoms with Crippen LogP contribution in [0.25, 0.3) is 0 Å². The molecule has 0 bridgehead atoms. The van der Waals surface area contributed by atoms with Crippen molar-refractivity contribution in [3.05, 3.63) is 34.9 Å². The monoisotopic (exact) mass is 189 g/mol. The van der Waals surface area contributed by atoms with Crippen LogP contribution in [0.1, 0.15) is 47.3 Å². The van der Waals surface area contributed by atoms with Gasteiger partial charge >= 0.3 is 0 Å². The SMILES string of the molecule is CC(=O)c1ccc2c(c1)CCC[C@@H]2N. The molecule has 0 unspecified atom stereocenters. The van der Waals surface area contributed by atoms with Crippen molar-refractivity contribution in [3.63, 3.8) is 0 Å². The molecule has 1 aliphatic rings. The molecule has 0 saturated carbocycles. The fourth-order valence-corrected chi connectivity index (χ4v) is 2.07. The fraction of sp³-hybridized carbons (Fsp3) is 0.417. The molecule has 2 N–H and O–H groups in total. The Bertz CT molecular complexity index is 371. The highest BCUT2D eigenvalue weighted by molar-refractivity contribution is 5.94. The Hall–Kier alpha value is -1.15. The van der Waals surface area contributed by atoms with Crippen LogP contribution in [0.3, 0.4) is 0 Å². The zero-order valence-electron chi connectivity index (χ0n) is 8.42. The zero-order chi connectivity index (χ0) is 10.1. The van der Waals surface area contributed by atoms with Crippen molar-refractivity contribution in [1.29, 1.82) is 0 Å². The van der Waals surface area contributed by atoms with Crippen LogP contribution >= 0.6 is 0 Å². The first-order valence-corrected chi connectivity index (χ1v) is 5.08. The Morgan fingerprint density at radius 1 is 1.50 bits per heavy atom. The van der Waals surface area contributed by atoms with Gasteiger partial charge in [-0.25, -0.2) is 0 Å². The number of ketones is 1. The van der Waals surface area contributed by atoms with Crippen molar-refractivity contribution in [3.8, 4) is 0 Å². The molecule has 0 radical (unpaired) electrons. The summed E-state index contributed by atoms with van der Waals surface area (Å²) in [5.41, 5.74) is 9.28. The van der Waals surface area contributed by atoms with Gasteiger partial charge in [0.05, 0.1) is 0 Å². The summed E-state index contributed by atoms with van der Waals surface area (Å²) in [6, 6.07) is 6.05. The summed E-state index contributed by atoms with van der Waals surface area (Å²) in [6.07, 6.45) is 3.26. The van der Waals surface area contributed by atoms with Crippen LogP contribution in [0.4, 0.5) is 0 Å². The Kier molecular flexibility index (Phi) is 2.38. The number of carbonyl (C=O) groups excluding carboxylic acids is 1. The number of aryl methyl sites for hydroxylation is 1. The first-order valence-electron chi connectivity index (χ1n) is 5.08. The maximum Gasteiger partial charge on any atom is 0.159 e. The van der Waals surface area contributed by atoms with E-state index in [0.29, 0.717) is 0 Å². The molecule has 0 spiro atoms. The van der Waals surface area contributed by atoms with E-state index in [1.165, 1.54) is 11.1 Å². The lowest BCUT2D eigenvalue weighted by atomic mass is 9.87. The average molecular weight is 189 g/mol. The van der Waals surface area contributed by atoms with Crippen LogP contribution in [-0.2, 0) is 6.42 Å². The first-order chi connectivity index (χ1) is 6.68. The number of carbonyl (C=O) groups is 1. The molecule has 1 aromatic carbocycles. The molecule has 74 valence electrons. The first kappa shape index (κ1) is 9.41. The number of hydrogen-bond acceptors (Lipinski definition) is 2. The van der Waals surface area contributed by atoms with Crippen LogP contribution < -0.4 is 5.73 Å². The lowest BCUT2D eigenvalue weighted by Gasteiger charge is -2.22. The maximum absolute atomic E-state index is 11.2. The van der Waals surface area contributed by atoms with Gasteiger partial charge in [-0.2, -0.15) is 0 Å². The van der Waals surface area contributed by atoms with Crippen molar-refractivity contribution in [1.82, 2.24) is 0 Å². The molecule has 0 heterocycles. The van der Waals surface area contributed by atoms with Gasteiger partial charge in [-0.05, 0) is 43.4 Å². The topological polar surface area (TPSA) is 43.1 Å². The molecule has 2 nitrogen and oxygen atoms in total. The van der Waals surface area contributed by atoms with Gasteiger partial charge in [0.1, 0.15) is 0 Å². The third-order valence-corrected chi connectivity index (χ3v) is 2.91. The van der Waals surface area contributed by atoms with Gasteiger partial charge in [0.2, 0.25) is 0 Å². The lowest BCUT2D eigenvalue weighted by molar-refractivity contribution is 0.101. The number of Topliss-reactive ketones (excluding diaryl/α,β-unsaturated/α-hetero) is 1. The average Bonchev–Trinajstić information content (AvgIpc) is 2.17. The van der Waals surface area contributed by atoms with E-state index in [4.69, 9.17) is 5.73 Å². The van der Waals surface area contributed by atoms with E-state index in [1.807, 2.05) is 18.2 Å². The molecule has 0 fully saturated rings. The molecule has 2 heteroatoms. The van der Waals surface area contributed by atoms with Gasteiger partial charge in [0, 0.05) is 11.6 Å². The fourth-order valence-electron chi connectivity index (χ4n) is 2.07. The van der Waals surface area contributed by atoms with E-state index in [2.05, 4.69) is 0 Å². The predicted octanol–water partition coefficient (Wildman–Crippen LogP) is 2.23. The van der Waals surface area contributed by atoms with Crippen molar-refractivity contribution in [2.45, 2.75) is 32.2 Å². The zero-order valence-corrected chi connectivity index (χ0v) is 8.42. The van der Waals surface area contributed by atoms with E-state index in [0.717, 1.165) is 24.8 Å². The summed E-state index contributed by atoms with van der Waals surface area (Å²) < 4.78 is 0. The molecule has 1 atom stereocenters. The van der Waals surface area contributed by atoms with Gasteiger partial charge < -0.3 is 5.73 Å². The van der Waals surface area contributed by atoms with Crippen molar-refractivity contribution in [2.24, 2.45) is 5.73 Å². The Balaban J connectivity index is 2.44. The third-order valence-electron chi connectivity index (χ3n) is 2.91. The van der Waals surface area contributed by atoms with Gasteiger partial charge in [-0.1, -0.05) is 12.1 Å². The summed E-state index contributed by atoms with van der Waals surface area (Å²) in [4.78, 5) is 11.2. The number of nitrogens with two attached hydrogens (primary N) is 1. The number of benzene rings is 1. The van der Waals surface area contributed by atoms with Crippen molar-refractivity contribution < 1.29 is 4.79 Å². The number of hydrogen-bond donors (Lipinski definition) is 1. The standard InChI is InChI=1S/C12H15NO/c1-8(14)9-5-6-11-10(7-9)3-2-4-12(11)13/h5-7,12H,2-4,13H2,1H3/t12-/m0/s1. The predicted molar refractivity (Wildman–Crippen MR) is 56.3 cm³/mol. The van der Waals surface area contributed by atoms with Crippen molar-refractivity contribution in [2.75, 3.05) is 0 Å². The molecular weight excluding hydrogens is 174 g/mol. The number of fused-ring (bicyclic) bond motifs is 1. The molecule has 0 aliphatic heterocycles. The van der Waals surface area contributed by atoms with Gasteiger partial charge in [-0.3, -0.25) is 4.79 Å². The molecule has 0 amide bonds. The van der Waals surface area contributed by atoms with E-state index >= 15 is 0 Å². The minimum Gasteiger partial charge on any atom is -0.324 e. The number of rotatable bonds is 1. The van der Waals surface area contributed by atoms with Gasteiger partial charge in [0.15, 0.2) is 5.78 Å². The van der Waals surface area contributed by atoms with Crippen LogP contribution in [0, 0.1) is 0 Å². The highest BCUT2D eigenvalue weighted by atomic mass is 16.1. The second-order valence-electron chi connectivity index (χ2n) is 3.97. The maximum atomic E-state index is 11.2. The molecule has 1 aliphatic carbocycles. The minimum absolute atomic E-state index is 0.131. The minimum atomic E-state index is 0.131. The van der Waals surface area contributed by atoms with Gasteiger partial charge in [0.25, 0.3) is 0 Å². The highest BCUT2D eigenvalue weighted by Crippen LogP contribution is 2.28. The summed E-state index contributed by atoms with van der Waals surface area (Å²) in [5, 5.41) is 0. The Labute approximate surface area is 84.1 Å². The second kappa shape index (κ2) is 3.54. The van der Waals surface area contributed by atoms with Crippen LogP contribution in [0.15, 0.2) is 18.2 Å². The molecule has 14 heavy (non-hydrogen) atoms. The molecule has 2 rings (SSSR count). The quantitative estimate of drug-likeness (QED) is 0.688. The molecular formula is C12H15NO. The van der Waals surface area contributed by atoms with E-state index in [9.17, 15) is 4.79 Å². The van der Waals surface area contributed by atoms with E-state index < -0.39 is 0 Å². The summed E-state index contributed by atoms with van der Waals surface area (Å²) in [7, 11) is 0. The highest BCUT2D eigenvalue weighted by Gasteiger charge is 2.17. The van der Waals surface area contributed by atoms with Crippen LogP contribution in [-0.4, -0.2) is 5.78 Å².